The predicted molar refractivity (Wildman–Crippen MR) is 99.3 cm³/mol. The number of nitrogens with zero attached hydrogens (tertiary/aromatic N) is 2. The minimum atomic E-state index is -0.796. The number of carboxylic acid groups (broad SMARTS) is 1. The number of hydrogen-bond acceptors (Lipinski definition) is 5. The summed E-state index contributed by atoms with van der Waals surface area (Å²) in [7, 11) is 0. The Balaban J connectivity index is 2.10. The molecular formula is C18H24N2O4S. The van der Waals surface area contributed by atoms with Gasteiger partial charge in [0.25, 0.3) is 0 Å². The molecule has 136 valence electrons. The summed E-state index contributed by atoms with van der Waals surface area (Å²) in [5.74, 6) is -0.796. The van der Waals surface area contributed by atoms with Crippen molar-refractivity contribution in [1.82, 2.24) is 4.98 Å². The third-order valence-corrected chi connectivity index (χ3v) is 4.46. The van der Waals surface area contributed by atoms with Gasteiger partial charge in [-0.3, -0.25) is 9.69 Å². The molecule has 1 aromatic carbocycles. The Morgan fingerprint density at radius 3 is 2.56 bits per heavy atom. The summed E-state index contributed by atoms with van der Waals surface area (Å²) in [6.45, 7) is 5.94. The maximum absolute atomic E-state index is 12.6. The molecule has 0 atom stereocenters. The molecule has 0 spiro atoms. The van der Waals surface area contributed by atoms with E-state index in [0.717, 1.165) is 16.6 Å². The third kappa shape index (κ3) is 6.01. The lowest BCUT2D eigenvalue weighted by atomic mass is 10.2. The van der Waals surface area contributed by atoms with Gasteiger partial charge >= 0.3 is 12.1 Å². The van der Waals surface area contributed by atoms with E-state index in [1.807, 2.05) is 45.0 Å². The molecule has 1 heterocycles. The molecule has 2 rings (SSSR count). The van der Waals surface area contributed by atoms with Gasteiger partial charge in [0.1, 0.15) is 5.60 Å². The molecular weight excluding hydrogens is 340 g/mol. The second-order valence-corrected chi connectivity index (χ2v) is 7.81. The first-order valence-corrected chi connectivity index (χ1v) is 9.16. The van der Waals surface area contributed by atoms with E-state index in [9.17, 15) is 9.59 Å². The van der Waals surface area contributed by atoms with Crippen LogP contribution >= 0.6 is 11.3 Å². The molecule has 0 saturated carbocycles. The number of carboxylic acids is 1. The Morgan fingerprint density at radius 1 is 1.20 bits per heavy atom. The van der Waals surface area contributed by atoms with Gasteiger partial charge in [0, 0.05) is 13.0 Å². The minimum absolute atomic E-state index is 0.146. The van der Waals surface area contributed by atoms with E-state index in [0.29, 0.717) is 24.5 Å². The van der Waals surface area contributed by atoms with Gasteiger partial charge in [0.05, 0.1) is 10.2 Å². The molecule has 0 aliphatic heterocycles. The van der Waals surface area contributed by atoms with E-state index < -0.39 is 17.7 Å². The van der Waals surface area contributed by atoms with Crippen LogP contribution in [0.4, 0.5) is 9.93 Å². The molecule has 0 aliphatic rings. The average Bonchev–Trinajstić information content (AvgIpc) is 2.92. The molecule has 0 radical (unpaired) electrons. The normalized spacial score (nSPS) is 11.5. The van der Waals surface area contributed by atoms with Crippen molar-refractivity contribution in [2.75, 3.05) is 11.4 Å². The van der Waals surface area contributed by atoms with Crippen LogP contribution in [0.1, 0.15) is 46.5 Å². The maximum Gasteiger partial charge on any atom is 0.416 e. The average molecular weight is 364 g/mol. The second-order valence-electron chi connectivity index (χ2n) is 6.80. The number of ether oxygens (including phenoxy) is 1. The van der Waals surface area contributed by atoms with Crippen molar-refractivity contribution < 1.29 is 19.4 Å². The number of aliphatic carboxylic acids is 1. The van der Waals surface area contributed by atoms with Gasteiger partial charge in [-0.25, -0.2) is 9.78 Å². The molecule has 1 amide bonds. The zero-order valence-corrected chi connectivity index (χ0v) is 15.6. The molecule has 2 aromatic rings. The molecule has 1 N–H and O–H groups in total. The zero-order valence-electron chi connectivity index (χ0n) is 14.8. The summed E-state index contributed by atoms with van der Waals surface area (Å²) in [6, 6.07) is 7.73. The van der Waals surface area contributed by atoms with Crippen LogP contribution in [0.3, 0.4) is 0 Å². The quantitative estimate of drug-likeness (QED) is 0.721. The highest BCUT2D eigenvalue weighted by Gasteiger charge is 2.25. The molecule has 1 aromatic heterocycles. The molecule has 0 unspecified atom stereocenters. The highest BCUT2D eigenvalue weighted by molar-refractivity contribution is 7.22. The first kappa shape index (κ1) is 19.2. The first-order valence-electron chi connectivity index (χ1n) is 8.34. The van der Waals surface area contributed by atoms with Crippen LogP contribution in [0.2, 0.25) is 0 Å². The largest absolute Gasteiger partial charge is 0.481 e. The van der Waals surface area contributed by atoms with Crippen molar-refractivity contribution in [1.29, 1.82) is 0 Å². The van der Waals surface area contributed by atoms with Crippen LogP contribution in [0.25, 0.3) is 10.2 Å². The number of anilines is 1. The van der Waals surface area contributed by atoms with Crippen LogP contribution in [0.5, 0.6) is 0 Å². The number of carbonyl (C=O) groups excluding carboxylic acids is 1. The van der Waals surface area contributed by atoms with E-state index in [1.165, 1.54) is 11.3 Å². The van der Waals surface area contributed by atoms with E-state index >= 15 is 0 Å². The van der Waals surface area contributed by atoms with Crippen molar-refractivity contribution in [2.45, 2.75) is 52.1 Å². The number of amides is 1. The summed E-state index contributed by atoms with van der Waals surface area (Å²) in [5, 5.41) is 9.31. The van der Waals surface area contributed by atoms with Gasteiger partial charge in [0.15, 0.2) is 5.13 Å². The third-order valence-electron chi connectivity index (χ3n) is 3.40. The number of thiazole rings is 1. The van der Waals surface area contributed by atoms with Gasteiger partial charge in [0.2, 0.25) is 0 Å². The lowest BCUT2D eigenvalue weighted by Gasteiger charge is -2.25. The number of para-hydroxylation sites is 1. The summed E-state index contributed by atoms with van der Waals surface area (Å²) < 4.78 is 6.52. The van der Waals surface area contributed by atoms with Crippen molar-refractivity contribution >= 4 is 38.7 Å². The molecule has 0 saturated heterocycles. The lowest BCUT2D eigenvalue weighted by Crippen LogP contribution is -2.37. The zero-order chi connectivity index (χ0) is 18.4. The maximum atomic E-state index is 12.6. The van der Waals surface area contributed by atoms with Crippen LogP contribution < -0.4 is 4.90 Å². The molecule has 6 nitrogen and oxygen atoms in total. The summed E-state index contributed by atoms with van der Waals surface area (Å²) in [6.07, 6.45) is 1.74. The molecule has 0 aliphatic carbocycles. The first-order chi connectivity index (χ1) is 11.8. The fraction of sp³-hybridized carbons (Fsp3) is 0.500. The topological polar surface area (TPSA) is 79.7 Å². The van der Waals surface area contributed by atoms with Crippen LogP contribution in [-0.4, -0.2) is 34.3 Å². The Bertz CT molecular complexity index is 703. The molecule has 0 bridgehead atoms. The summed E-state index contributed by atoms with van der Waals surface area (Å²) >= 11 is 1.45. The highest BCUT2D eigenvalue weighted by Crippen LogP contribution is 2.30. The number of rotatable bonds is 7. The molecule has 25 heavy (non-hydrogen) atoms. The lowest BCUT2D eigenvalue weighted by molar-refractivity contribution is -0.137. The smallest absolute Gasteiger partial charge is 0.416 e. The standard InChI is InChI=1S/C18H24N2O4S/c1-18(2,3)24-17(23)20(12-8-4-5-11-15(21)22)16-19-13-9-6-7-10-14(13)25-16/h6-7,9-10H,4-5,8,11-12H2,1-3H3,(H,21,22). The van der Waals surface area contributed by atoms with Crippen molar-refractivity contribution in [3.63, 3.8) is 0 Å². The van der Waals surface area contributed by atoms with Crippen LogP contribution in [-0.2, 0) is 9.53 Å². The monoisotopic (exact) mass is 364 g/mol. The number of unbranched alkanes of at least 4 members (excludes halogenated alkanes) is 2. The van der Waals surface area contributed by atoms with E-state index in [2.05, 4.69) is 4.98 Å². The van der Waals surface area contributed by atoms with Crippen molar-refractivity contribution in [3.8, 4) is 0 Å². The van der Waals surface area contributed by atoms with Gasteiger partial charge in [-0.2, -0.15) is 0 Å². The van der Waals surface area contributed by atoms with Gasteiger partial charge in [-0.15, -0.1) is 0 Å². The van der Waals surface area contributed by atoms with E-state index in [-0.39, 0.29) is 6.42 Å². The number of aromatic nitrogens is 1. The number of carbonyl (C=O) groups is 2. The molecule has 7 heteroatoms. The second kappa shape index (κ2) is 8.29. The Kier molecular flexibility index (Phi) is 6.36. The number of benzene rings is 1. The van der Waals surface area contributed by atoms with E-state index in [1.54, 1.807) is 4.90 Å². The van der Waals surface area contributed by atoms with Gasteiger partial charge in [-0.05, 0) is 45.7 Å². The molecule has 0 fully saturated rings. The predicted octanol–water partition coefficient (Wildman–Crippen LogP) is 4.68. The highest BCUT2D eigenvalue weighted by atomic mass is 32.1. The van der Waals surface area contributed by atoms with Gasteiger partial charge < -0.3 is 9.84 Å². The van der Waals surface area contributed by atoms with Crippen molar-refractivity contribution in [3.05, 3.63) is 24.3 Å². The summed E-state index contributed by atoms with van der Waals surface area (Å²) in [4.78, 5) is 29.3. The number of hydrogen-bond donors (Lipinski definition) is 1. The summed E-state index contributed by atoms with van der Waals surface area (Å²) in [5.41, 5.74) is 0.261. The Labute approximate surface area is 151 Å². The van der Waals surface area contributed by atoms with E-state index in [4.69, 9.17) is 9.84 Å². The Hall–Kier alpha value is -2.15. The fourth-order valence-electron chi connectivity index (χ4n) is 2.28. The SMILES string of the molecule is CC(C)(C)OC(=O)N(CCCCCC(=O)O)c1nc2ccccc2s1. The van der Waals surface area contributed by atoms with Gasteiger partial charge in [-0.1, -0.05) is 29.9 Å². The van der Waals surface area contributed by atoms with Crippen LogP contribution in [0.15, 0.2) is 24.3 Å². The Morgan fingerprint density at radius 2 is 1.92 bits per heavy atom. The fourth-order valence-corrected chi connectivity index (χ4v) is 3.26. The number of fused-ring (bicyclic) bond motifs is 1. The van der Waals surface area contributed by atoms with Crippen LogP contribution in [0, 0.1) is 0 Å². The minimum Gasteiger partial charge on any atom is -0.481 e. The van der Waals surface area contributed by atoms with Crippen molar-refractivity contribution in [2.24, 2.45) is 0 Å².